The number of carbonyl (C=O) groups is 1. The zero-order chi connectivity index (χ0) is 18.6. The van der Waals surface area contributed by atoms with E-state index in [1.807, 2.05) is 31.4 Å². The lowest BCUT2D eigenvalue weighted by Gasteiger charge is -2.03. The van der Waals surface area contributed by atoms with Gasteiger partial charge in [-0.05, 0) is 30.2 Å². The number of amides is 1. The monoisotopic (exact) mass is 360 g/mol. The molecule has 0 saturated carbocycles. The number of hydrogen-bond donors (Lipinski definition) is 1. The molecule has 2 heterocycles. The summed E-state index contributed by atoms with van der Waals surface area (Å²) in [6.07, 6.45) is 5.20. The standard InChI is InChI=1S/C21H20N4O2/c1-25-14-16(13-23-25)12-22-21(26)17-8-9-19-18(11-17)24-20(27-19)10-7-15-5-3-2-4-6-15/h2-6,8-9,11,13-14H,7,10,12H2,1H3,(H,22,26). The van der Waals surface area contributed by atoms with Gasteiger partial charge in [-0.25, -0.2) is 4.98 Å². The second-order valence-electron chi connectivity index (χ2n) is 6.48. The lowest BCUT2D eigenvalue weighted by Crippen LogP contribution is -2.22. The molecule has 0 radical (unpaired) electrons. The molecule has 0 aliphatic carbocycles. The summed E-state index contributed by atoms with van der Waals surface area (Å²) in [6.45, 7) is 0.436. The molecule has 0 atom stereocenters. The molecule has 6 heteroatoms. The van der Waals surface area contributed by atoms with Crippen LogP contribution in [0.5, 0.6) is 0 Å². The molecule has 1 amide bonds. The molecule has 27 heavy (non-hydrogen) atoms. The van der Waals surface area contributed by atoms with E-state index in [1.54, 1.807) is 29.1 Å². The molecule has 0 saturated heterocycles. The Morgan fingerprint density at radius 2 is 1.96 bits per heavy atom. The Balaban J connectivity index is 1.43. The SMILES string of the molecule is Cn1cc(CNC(=O)c2ccc3oc(CCc4ccccc4)nc3c2)cn1. The molecule has 0 bridgehead atoms. The van der Waals surface area contributed by atoms with Crippen molar-refractivity contribution in [3.05, 3.63) is 83.5 Å². The second-order valence-corrected chi connectivity index (χ2v) is 6.48. The molecule has 0 aliphatic rings. The van der Waals surface area contributed by atoms with E-state index in [-0.39, 0.29) is 5.91 Å². The molecule has 0 unspecified atom stereocenters. The van der Waals surface area contributed by atoms with Crippen molar-refractivity contribution in [3.63, 3.8) is 0 Å². The van der Waals surface area contributed by atoms with Gasteiger partial charge in [-0.2, -0.15) is 5.10 Å². The maximum absolute atomic E-state index is 12.4. The summed E-state index contributed by atoms with van der Waals surface area (Å²) in [5.41, 5.74) is 4.16. The number of hydrogen-bond acceptors (Lipinski definition) is 4. The van der Waals surface area contributed by atoms with Crippen molar-refractivity contribution in [2.75, 3.05) is 0 Å². The van der Waals surface area contributed by atoms with Crippen LogP contribution in [0.1, 0.15) is 27.4 Å². The van der Waals surface area contributed by atoms with Crippen LogP contribution in [0, 0.1) is 0 Å². The Morgan fingerprint density at radius 1 is 1.11 bits per heavy atom. The Hall–Kier alpha value is -3.41. The fraction of sp³-hybridized carbons (Fsp3) is 0.190. The van der Waals surface area contributed by atoms with Crippen LogP contribution in [0.25, 0.3) is 11.1 Å². The first-order valence-corrected chi connectivity index (χ1v) is 8.86. The number of carbonyl (C=O) groups excluding carboxylic acids is 1. The van der Waals surface area contributed by atoms with Crippen LogP contribution in [-0.4, -0.2) is 20.7 Å². The number of nitrogens with one attached hydrogen (secondary N) is 1. The van der Waals surface area contributed by atoms with Gasteiger partial charge in [0.05, 0.1) is 6.20 Å². The summed E-state index contributed by atoms with van der Waals surface area (Å²) in [7, 11) is 1.85. The average molecular weight is 360 g/mol. The van der Waals surface area contributed by atoms with Gasteiger partial charge >= 0.3 is 0 Å². The van der Waals surface area contributed by atoms with Crippen LogP contribution in [0.2, 0.25) is 0 Å². The third kappa shape index (κ3) is 4.06. The molecule has 2 aromatic heterocycles. The zero-order valence-electron chi connectivity index (χ0n) is 15.1. The minimum Gasteiger partial charge on any atom is -0.441 e. The van der Waals surface area contributed by atoms with Crippen LogP contribution in [0.3, 0.4) is 0 Å². The van der Waals surface area contributed by atoms with Crippen molar-refractivity contribution in [1.29, 1.82) is 0 Å². The highest BCUT2D eigenvalue weighted by atomic mass is 16.3. The number of oxazole rings is 1. The first-order valence-electron chi connectivity index (χ1n) is 8.86. The lowest BCUT2D eigenvalue weighted by atomic mass is 10.1. The molecular formula is C21H20N4O2. The predicted molar refractivity (Wildman–Crippen MR) is 102 cm³/mol. The largest absolute Gasteiger partial charge is 0.441 e. The normalized spacial score (nSPS) is 11.0. The minimum atomic E-state index is -0.144. The summed E-state index contributed by atoms with van der Waals surface area (Å²) in [5, 5.41) is 6.99. The molecule has 4 aromatic rings. The van der Waals surface area contributed by atoms with Crippen molar-refractivity contribution in [1.82, 2.24) is 20.1 Å². The quantitative estimate of drug-likeness (QED) is 0.573. The second kappa shape index (κ2) is 7.45. The van der Waals surface area contributed by atoms with Gasteiger partial charge in [0.2, 0.25) is 0 Å². The highest BCUT2D eigenvalue weighted by molar-refractivity contribution is 5.97. The lowest BCUT2D eigenvalue weighted by molar-refractivity contribution is 0.0951. The molecule has 4 rings (SSSR count). The number of fused-ring (bicyclic) bond motifs is 1. The summed E-state index contributed by atoms with van der Waals surface area (Å²) >= 11 is 0. The predicted octanol–water partition coefficient (Wildman–Crippen LogP) is 3.28. The number of aromatic nitrogens is 3. The van der Waals surface area contributed by atoms with E-state index in [0.717, 1.165) is 18.4 Å². The van der Waals surface area contributed by atoms with Crippen LogP contribution in [0.4, 0.5) is 0 Å². The molecule has 6 nitrogen and oxygen atoms in total. The first kappa shape index (κ1) is 17.0. The number of aryl methyl sites for hydroxylation is 3. The molecule has 0 fully saturated rings. The van der Waals surface area contributed by atoms with E-state index in [1.165, 1.54) is 5.56 Å². The van der Waals surface area contributed by atoms with E-state index >= 15 is 0 Å². The summed E-state index contributed by atoms with van der Waals surface area (Å²) < 4.78 is 7.51. The van der Waals surface area contributed by atoms with Crippen LogP contribution < -0.4 is 5.32 Å². The van der Waals surface area contributed by atoms with Crippen LogP contribution >= 0.6 is 0 Å². The highest BCUT2D eigenvalue weighted by Gasteiger charge is 2.11. The fourth-order valence-corrected chi connectivity index (χ4v) is 2.97. The molecule has 0 spiro atoms. The summed E-state index contributed by atoms with van der Waals surface area (Å²) in [6, 6.07) is 15.6. The van der Waals surface area contributed by atoms with Gasteiger partial charge in [0, 0.05) is 37.3 Å². The van der Waals surface area contributed by atoms with Crippen LogP contribution in [-0.2, 0) is 26.4 Å². The van der Waals surface area contributed by atoms with Crippen molar-refractivity contribution in [2.45, 2.75) is 19.4 Å². The Kier molecular flexibility index (Phi) is 4.70. The average Bonchev–Trinajstić information content (AvgIpc) is 3.30. The van der Waals surface area contributed by atoms with E-state index in [4.69, 9.17) is 4.42 Å². The Bertz CT molecular complexity index is 1070. The van der Waals surface area contributed by atoms with Gasteiger partial charge in [-0.15, -0.1) is 0 Å². The van der Waals surface area contributed by atoms with Crippen molar-refractivity contribution in [2.24, 2.45) is 7.05 Å². The van der Waals surface area contributed by atoms with Gasteiger partial charge in [0.15, 0.2) is 11.5 Å². The van der Waals surface area contributed by atoms with Crippen molar-refractivity contribution in [3.8, 4) is 0 Å². The smallest absolute Gasteiger partial charge is 0.251 e. The van der Waals surface area contributed by atoms with Crippen molar-refractivity contribution >= 4 is 17.0 Å². The summed E-state index contributed by atoms with van der Waals surface area (Å²) in [5.74, 6) is 0.538. The third-order valence-electron chi connectivity index (χ3n) is 4.38. The molecule has 2 aromatic carbocycles. The maximum Gasteiger partial charge on any atom is 0.251 e. The minimum absolute atomic E-state index is 0.144. The van der Waals surface area contributed by atoms with E-state index in [9.17, 15) is 4.79 Å². The van der Waals surface area contributed by atoms with Gasteiger partial charge in [0.1, 0.15) is 5.52 Å². The van der Waals surface area contributed by atoms with Gasteiger partial charge < -0.3 is 9.73 Å². The van der Waals surface area contributed by atoms with Crippen molar-refractivity contribution < 1.29 is 9.21 Å². The first-order chi connectivity index (χ1) is 13.2. The summed E-state index contributed by atoms with van der Waals surface area (Å²) in [4.78, 5) is 16.9. The maximum atomic E-state index is 12.4. The Morgan fingerprint density at radius 3 is 2.74 bits per heavy atom. The van der Waals surface area contributed by atoms with Gasteiger partial charge in [-0.3, -0.25) is 9.48 Å². The van der Waals surface area contributed by atoms with E-state index in [0.29, 0.717) is 29.1 Å². The van der Waals surface area contributed by atoms with E-state index < -0.39 is 0 Å². The topological polar surface area (TPSA) is 73.0 Å². The zero-order valence-corrected chi connectivity index (χ0v) is 15.1. The Labute approximate surface area is 156 Å². The molecule has 0 aliphatic heterocycles. The number of rotatable bonds is 6. The fourth-order valence-electron chi connectivity index (χ4n) is 2.97. The van der Waals surface area contributed by atoms with Gasteiger partial charge in [0.25, 0.3) is 5.91 Å². The van der Waals surface area contributed by atoms with Crippen LogP contribution in [0.15, 0.2) is 65.3 Å². The van der Waals surface area contributed by atoms with Gasteiger partial charge in [-0.1, -0.05) is 30.3 Å². The third-order valence-corrected chi connectivity index (χ3v) is 4.38. The molecule has 136 valence electrons. The highest BCUT2D eigenvalue weighted by Crippen LogP contribution is 2.18. The molecular weight excluding hydrogens is 340 g/mol. The number of nitrogens with zero attached hydrogens (tertiary/aromatic N) is 3. The molecule has 1 N–H and O–H groups in total. The van der Waals surface area contributed by atoms with E-state index in [2.05, 4.69) is 27.5 Å². The number of benzene rings is 2.